The Hall–Kier alpha value is -1.71. The zero-order valence-corrected chi connectivity index (χ0v) is 12.2. The van der Waals surface area contributed by atoms with E-state index in [0.29, 0.717) is 12.5 Å². The van der Waals surface area contributed by atoms with E-state index in [1.54, 1.807) is 0 Å². The lowest BCUT2D eigenvalue weighted by Crippen LogP contribution is -2.30. The summed E-state index contributed by atoms with van der Waals surface area (Å²) < 4.78 is 0. The van der Waals surface area contributed by atoms with Crippen molar-refractivity contribution in [3.05, 3.63) is 17.7 Å². The van der Waals surface area contributed by atoms with Gasteiger partial charge < -0.3 is 16.4 Å². The van der Waals surface area contributed by atoms with Crippen LogP contribution in [0.5, 0.6) is 0 Å². The average molecular weight is 273 g/mol. The fraction of sp³-hybridized carbons (Fsp3) is 0.562. The first-order valence-electron chi connectivity index (χ1n) is 7.50. The van der Waals surface area contributed by atoms with E-state index in [2.05, 4.69) is 24.5 Å². The summed E-state index contributed by atoms with van der Waals surface area (Å²) in [5.41, 5.74) is 9.73. The molecule has 1 aliphatic carbocycles. The molecule has 0 spiro atoms. The van der Waals surface area contributed by atoms with Crippen molar-refractivity contribution in [3.8, 4) is 0 Å². The summed E-state index contributed by atoms with van der Waals surface area (Å²) in [6.07, 6.45) is 4.13. The van der Waals surface area contributed by atoms with Crippen LogP contribution in [0.3, 0.4) is 0 Å². The standard InChI is InChI=1S/C16H23N3O/c1-9-3-10(2)5-12(4-9)18-15-8-14-11(6-13(15)17)7-16(20)19-14/h6,8-10,12,18H,3-5,7,17H2,1-2H3,(H,19,20). The predicted octanol–water partition coefficient (Wildman–Crippen LogP) is 3.00. The molecule has 4 N–H and O–H groups in total. The van der Waals surface area contributed by atoms with Gasteiger partial charge in [0.1, 0.15) is 0 Å². The summed E-state index contributed by atoms with van der Waals surface area (Å²) in [5.74, 6) is 1.56. The summed E-state index contributed by atoms with van der Waals surface area (Å²) in [6.45, 7) is 4.63. The third kappa shape index (κ3) is 2.60. The number of nitrogen functional groups attached to an aromatic ring is 1. The molecule has 1 heterocycles. The Kier molecular flexibility index (Phi) is 3.32. The van der Waals surface area contributed by atoms with Crippen LogP contribution >= 0.6 is 0 Å². The number of fused-ring (bicyclic) bond motifs is 1. The van der Waals surface area contributed by atoms with Crippen LogP contribution in [0.2, 0.25) is 0 Å². The molecule has 1 aromatic carbocycles. The molecule has 20 heavy (non-hydrogen) atoms. The van der Waals surface area contributed by atoms with E-state index in [1.165, 1.54) is 19.3 Å². The molecule has 2 unspecified atom stereocenters. The topological polar surface area (TPSA) is 67.1 Å². The number of hydrogen-bond donors (Lipinski definition) is 3. The Bertz CT molecular complexity index is 531. The van der Waals surface area contributed by atoms with Gasteiger partial charge in [0, 0.05) is 11.7 Å². The Morgan fingerprint density at radius 3 is 2.60 bits per heavy atom. The molecule has 0 radical (unpaired) electrons. The van der Waals surface area contributed by atoms with Gasteiger partial charge in [-0.3, -0.25) is 4.79 Å². The van der Waals surface area contributed by atoms with Gasteiger partial charge in [-0.15, -0.1) is 0 Å². The van der Waals surface area contributed by atoms with Gasteiger partial charge in [-0.05, 0) is 48.8 Å². The third-order valence-corrected chi connectivity index (χ3v) is 4.44. The molecule has 1 fully saturated rings. The molecular weight excluding hydrogens is 250 g/mol. The maximum Gasteiger partial charge on any atom is 0.228 e. The minimum absolute atomic E-state index is 0.0523. The number of nitrogens with two attached hydrogens (primary N) is 1. The first-order valence-corrected chi connectivity index (χ1v) is 7.50. The quantitative estimate of drug-likeness (QED) is 0.726. The van der Waals surface area contributed by atoms with E-state index in [1.807, 2.05) is 12.1 Å². The van der Waals surface area contributed by atoms with Crippen LogP contribution in [0.15, 0.2) is 12.1 Å². The van der Waals surface area contributed by atoms with E-state index in [4.69, 9.17) is 5.73 Å². The van der Waals surface area contributed by atoms with Gasteiger partial charge in [0.2, 0.25) is 5.91 Å². The zero-order chi connectivity index (χ0) is 14.3. The zero-order valence-electron chi connectivity index (χ0n) is 12.2. The molecule has 108 valence electrons. The molecule has 0 saturated heterocycles. The van der Waals surface area contributed by atoms with Gasteiger partial charge in [-0.25, -0.2) is 0 Å². The molecule has 3 rings (SSSR count). The molecule has 4 heteroatoms. The van der Waals surface area contributed by atoms with Crippen molar-refractivity contribution in [1.29, 1.82) is 0 Å². The van der Waals surface area contributed by atoms with Gasteiger partial charge in [0.15, 0.2) is 0 Å². The monoisotopic (exact) mass is 273 g/mol. The van der Waals surface area contributed by atoms with Gasteiger partial charge in [-0.2, -0.15) is 0 Å². The highest BCUT2D eigenvalue weighted by Gasteiger charge is 2.25. The van der Waals surface area contributed by atoms with Crippen molar-refractivity contribution in [3.63, 3.8) is 0 Å². The number of rotatable bonds is 2. The van der Waals surface area contributed by atoms with E-state index >= 15 is 0 Å². The minimum Gasteiger partial charge on any atom is -0.397 e. The number of amides is 1. The van der Waals surface area contributed by atoms with Gasteiger partial charge >= 0.3 is 0 Å². The summed E-state index contributed by atoms with van der Waals surface area (Å²) in [4.78, 5) is 11.4. The molecule has 2 aliphatic rings. The van der Waals surface area contributed by atoms with Crippen LogP contribution in [0.25, 0.3) is 0 Å². The SMILES string of the molecule is CC1CC(C)CC(Nc2cc3c(cc2N)CC(=O)N3)C1. The third-order valence-electron chi connectivity index (χ3n) is 4.44. The van der Waals surface area contributed by atoms with E-state index < -0.39 is 0 Å². The molecule has 0 bridgehead atoms. The molecule has 2 atom stereocenters. The highest BCUT2D eigenvalue weighted by Crippen LogP contribution is 2.35. The van der Waals surface area contributed by atoms with Crippen LogP contribution in [0.1, 0.15) is 38.7 Å². The molecule has 4 nitrogen and oxygen atoms in total. The number of benzene rings is 1. The van der Waals surface area contributed by atoms with Crippen LogP contribution in [-0.4, -0.2) is 11.9 Å². The first kappa shape index (κ1) is 13.3. The minimum atomic E-state index is 0.0523. The van der Waals surface area contributed by atoms with E-state index in [-0.39, 0.29) is 5.91 Å². The van der Waals surface area contributed by atoms with Gasteiger partial charge in [0.05, 0.1) is 17.8 Å². The van der Waals surface area contributed by atoms with Crippen LogP contribution in [0, 0.1) is 11.8 Å². The van der Waals surface area contributed by atoms with Crippen molar-refractivity contribution < 1.29 is 4.79 Å². The Morgan fingerprint density at radius 1 is 1.20 bits per heavy atom. The van der Waals surface area contributed by atoms with Crippen molar-refractivity contribution in [2.75, 3.05) is 16.4 Å². The van der Waals surface area contributed by atoms with Gasteiger partial charge in [-0.1, -0.05) is 13.8 Å². The molecule has 1 amide bonds. The normalized spacial score (nSPS) is 28.9. The molecule has 1 saturated carbocycles. The second-order valence-corrected chi connectivity index (χ2v) is 6.58. The Morgan fingerprint density at radius 2 is 1.90 bits per heavy atom. The Balaban J connectivity index is 1.78. The summed E-state index contributed by atoms with van der Waals surface area (Å²) in [6, 6.07) is 4.39. The smallest absolute Gasteiger partial charge is 0.228 e. The fourth-order valence-electron chi connectivity index (χ4n) is 3.70. The largest absolute Gasteiger partial charge is 0.397 e. The number of hydrogen-bond acceptors (Lipinski definition) is 3. The lowest BCUT2D eigenvalue weighted by atomic mass is 9.80. The summed E-state index contributed by atoms with van der Waals surface area (Å²) in [7, 11) is 0. The average Bonchev–Trinajstić information content (AvgIpc) is 2.67. The summed E-state index contributed by atoms with van der Waals surface area (Å²) >= 11 is 0. The fourth-order valence-corrected chi connectivity index (χ4v) is 3.70. The van der Waals surface area contributed by atoms with Crippen molar-refractivity contribution >= 4 is 23.0 Å². The van der Waals surface area contributed by atoms with Crippen molar-refractivity contribution in [1.82, 2.24) is 0 Å². The van der Waals surface area contributed by atoms with Crippen molar-refractivity contribution in [2.45, 2.75) is 45.6 Å². The molecular formula is C16H23N3O. The second kappa shape index (κ2) is 5.00. The number of nitrogens with one attached hydrogen (secondary N) is 2. The van der Waals surface area contributed by atoms with E-state index in [9.17, 15) is 4.79 Å². The second-order valence-electron chi connectivity index (χ2n) is 6.58. The first-order chi connectivity index (χ1) is 9.51. The number of carbonyl (C=O) groups excluding carboxylic acids is 1. The highest BCUT2D eigenvalue weighted by atomic mass is 16.1. The predicted molar refractivity (Wildman–Crippen MR) is 82.8 cm³/mol. The van der Waals surface area contributed by atoms with Crippen LogP contribution in [-0.2, 0) is 11.2 Å². The van der Waals surface area contributed by atoms with Gasteiger partial charge in [0.25, 0.3) is 0 Å². The Labute approximate surface area is 120 Å². The molecule has 1 aliphatic heterocycles. The highest BCUT2D eigenvalue weighted by molar-refractivity contribution is 6.00. The molecule has 1 aromatic rings. The van der Waals surface area contributed by atoms with Crippen LogP contribution in [0.4, 0.5) is 17.1 Å². The maximum atomic E-state index is 11.4. The number of anilines is 3. The molecule has 0 aromatic heterocycles. The van der Waals surface area contributed by atoms with Crippen molar-refractivity contribution in [2.24, 2.45) is 11.8 Å². The lowest BCUT2D eigenvalue weighted by molar-refractivity contribution is -0.115. The summed E-state index contributed by atoms with van der Waals surface area (Å²) in [5, 5.41) is 6.46. The lowest BCUT2D eigenvalue weighted by Gasteiger charge is -2.33. The van der Waals surface area contributed by atoms with Crippen LogP contribution < -0.4 is 16.4 Å². The van der Waals surface area contributed by atoms with E-state index in [0.717, 1.165) is 34.5 Å². The number of carbonyl (C=O) groups is 1. The maximum absolute atomic E-state index is 11.4.